The molecule has 3 aromatic heterocycles. The highest BCUT2D eigenvalue weighted by atomic mass is 35.5. The Labute approximate surface area is 185 Å². The molecule has 2 atom stereocenters. The summed E-state index contributed by atoms with van der Waals surface area (Å²) >= 11 is 6.49. The molecule has 2 aliphatic heterocycles. The van der Waals surface area contributed by atoms with Gasteiger partial charge in [-0.3, -0.25) is 4.40 Å². The average Bonchev–Trinajstić information content (AvgIpc) is 3.49. The number of piperidine rings is 1. The van der Waals surface area contributed by atoms with Crippen LogP contribution < -0.4 is 10.6 Å². The zero-order chi connectivity index (χ0) is 21.2. The normalized spacial score (nSPS) is 23.4. The van der Waals surface area contributed by atoms with Crippen molar-refractivity contribution in [1.29, 1.82) is 0 Å². The summed E-state index contributed by atoms with van der Waals surface area (Å²) in [6, 6.07) is 7.96. The van der Waals surface area contributed by atoms with Gasteiger partial charge in [0.2, 0.25) is 5.95 Å². The summed E-state index contributed by atoms with van der Waals surface area (Å²) in [4.78, 5) is 15.4. The van der Waals surface area contributed by atoms with Gasteiger partial charge in [0.25, 0.3) is 0 Å². The molecular weight excluding hydrogens is 412 g/mol. The Morgan fingerprint density at radius 1 is 1.23 bits per heavy atom. The van der Waals surface area contributed by atoms with Crippen molar-refractivity contribution in [2.45, 2.75) is 31.9 Å². The van der Waals surface area contributed by atoms with Gasteiger partial charge in [0, 0.05) is 59.3 Å². The van der Waals surface area contributed by atoms with Gasteiger partial charge in [-0.25, -0.2) is 4.98 Å². The predicted molar refractivity (Wildman–Crippen MR) is 123 cm³/mol. The molecule has 0 aliphatic carbocycles. The molecule has 0 amide bonds. The summed E-state index contributed by atoms with van der Waals surface area (Å²) in [6.07, 6.45) is 7.92. The fraction of sp³-hybridized carbons (Fsp3) is 0.391. The Balaban J connectivity index is 1.41. The standard InChI is InChI=1S/C23H25ClN6O/c1-14-19(25)23(13-31-14)6-9-29(10-7-23)22-28-20-18(21-26-8-11-30(21)22)16(12-27-20)15-4-2-3-5-17(15)24/h2-5,8,11-12,14,19,27H,6-7,9-10,13,25H2,1H3/t14-,19+/m0/s1. The number of rotatable bonds is 2. The molecule has 1 aromatic carbocycles. The van der Waals surface area contributed by atoms with E-state index in [1.807, 2.05) is 42.9 Å². The Hall–Kier alpha value is -2.61. The molecule has 4 aromatic rings. The molecule has 2 fully saturated rings. The quantitative estimate of drug-likeness (QED) is 0.498. The molecule has 0 bridgehead atoms. The van der Waals surface area contributed by atoms with Gasteiger partial charge in [-0.2, -0.15) is 4.98 Å². The number of benzene rings is 1. The third kappa shape index (κ3) is 2.80. The summed E-state index contributed by atoms with van der Waals surface area (Å²) in [5.41, 5.74) is 10.3. The minimum Gasteiger partial charge on any atom is -0.376 e. The number of aromatic amines is 1. The first-order chi connectivity index (χ1) is 15.1. The summed E-state index contributed by atoms with van der Waals surface area (Å²) in [7, 11) is 0. The van der Waals surface area contributed by atoms with Crippen LogP contribution in [0.2, 0.25) is 5.02 Å². The van der Waals surface area contributed by atoms with Crippen molar-refractivity contribution in [3.05, 3.63) is 47.9 Å². The zero-order valence-electron chi connectivity index (χ0n) is 17.4. The highest BCUT2D eigenvalue weighted by molar-refractivity contribution is 6.33. The molecule has 6 rings (SSSR count). The van der Waals surface area contributed by atoms with E-state index in [4.69, 9.17) is 27.1 Å². The maximum absolute atomic E-state index is 6.50. The summed E-state index contributed by atoms with van der Waals surface area (Å²) < 4.78 is 7.96. The first kappa shape index (κ1) is 19.1. The summed E-state index contributed by atoms with van der Waals surface area (Å²) in [6.45, 7) is 4.63. The lowest BCUT2D eigenvalue weighted by molar-refractivity contribution is 0.0973. The van der Waals surface area contributed by atoms with Crippen molar-refractivity contribution in [3.63, 3.8) is 0 Å². The fourth-order valence-electron chi connectivity index (χ4n) is 5.27. The van der Waals surface area contributed by atoms with Crippen LogP contribution in [0.5, 0.6) is 0 Å². The van der Waals surface area contributed by atoms with Crippen LogP contribution in [-0.4, -0.2) is 51.2 Å². The third-order valence-electron chi connectivity index (χ3n) is 7.20. The van der Waals surface area contributed by atoms with E-state index in [1.54, 1.807) is 0 Å². The summed E-state index contributed by atoms with van der Waals surface area (Å²) in [5.74, 6) is 0.906. The second-order valence-corrected chi connectivity index (χ2v) is 9.24. The van der Waals surface area contributed by atoms with Crippen LogP contribution in [0.25, 0.3) is 27.8 Å². The van der Waals surface area contributed by atoms with Crippen LogP contribution in [0.1, 0.15) is 19.8 Å². The van der Waals surface area contributed by atoms with E-state index in [1.165, 1.54) is 0 Å². The number of nitrogens with one attached hydrogen (secondary N) is 1. The first-order valence-corrected chi connectivity index (χ1v) is 11.2. The van der Waals surface area contributed by atoms with Crippen molar-refractivity contribution >= 4 is 34.2 Å². The van der Waals surface area contributed by atoms with Gasteiger partial charge >= 0.3 is 0 Å². The number of nitrogens with zero attached hydrogens (tertiary/aromatic N) is 4. The SMILES string of the molecule is C[C@@H]1OCC2(CCN(c3nc4[nH]cc(-c5ccccc5Cl)c4c4nccn34)CC2)[C@@H]1N. The van der Waals surface area contributed by atoms with Gasteiger partial charge in [-0.1, -0.05) is 29.8 Å². The lowest BCUT2D eigenvalue weighted by Crippen LogP contribution is -2.51. The number of aromatic nitrogens is 4. The van der Waals surface area contributed by atoms with Gasteiger partial charge in [0.1, 0.15) is 5.65 Å². The molecule has 31 heavy (non-hydrogen) atoms. The number of ether oxygens (including phenoxy) is 1. The lowest BCUT2D eigenvalue weighted by Gasteiger charge is -2.41. The smallest absolute Gasteiger partial charge is 0.213 e. The minimum absolute atomic E-state index is 0.0811. The molecule has 8 heteroatoms. The van der Waals surface area contributed by atoms with Gasteiger partial charge in [-0.05, 0) is 25.8 Å². The number of imidazole rings is 1. The molecule has 7 nitrogen and oxygen atoms in total. The van der Waals surface area contributed by atoms with Crippen molar-refractivity contribution in [2.24, 2.45) is 11.1 Å². The second-order valence-electron chi connectivity index (χ2n) is 8.83. The highest BCUT2D eigenvalue weighted by Crippen LogP contribution is 2.42. The van der Waals surface area contributed by atoms with Gasteiger partial charge in [0.15, 0.2) is 5.65 Å². The maximum Gasteiger partial charge on any atom is 0.213 e. The number of H-pyrrole nitrogens is 1. The predicted octanol–water partition coefficient (Wildman–Crippen LogP) is 3.86. The highest BCUT2D eigenvalue weighted by Gasteiger charge is 2.47. The Kier molecular flexibility index (Phi) is 4.28. The average molecular weight is 437 g/mol. The molecule has 160 valence electrons. The minimum atomic E-state index is 0.0811. The monoisotopic (exact) mass is 436 g/mol. The molecule has 0 unspecified atom stereocenters. The van der Waals surface area contributed by atoms with Crippen molar-refractivity contribution in [3.8, 4) is 11.1 Å². The topological polar surface area (TPSA) is 84.5 Å². The number of nitrogens with two attached hydrogens (primary N) is 1. The largest absolute Gasteiger partial charge is 0.376 e. The van der Waals surface area contributed by atoms with Crippen LogP contribution in [0.15, 0.2) is 42.9 Å². The van der Waals surface area contributed by atoms with Crippen molar-refractivity contribution in [2.75, 3.05) is 24.6 Å². The third-order valence-corrected chi connectivity index (χ3v) is 7.53. The second kappa shape index (κ2) is 6.95. The van der Waals surface area contributed by atoms with E-state index in [0.717, 1.165) is 66.3 Å². The molecule has 0 radical (unpaired) electrons. The molecular formula is C23H25ClN6O. The Bertz CT molecular complexity index is 1270. The van der Waals surface area contributed by atoms with E-state index >= 15 is 0 Å². The van der Waals surface area contributed by atoms with Crippen LogP contribution in [0.3, 0.4) is 0 Å². The van der Waals surface area contributed by atoms with E-state index < -0.39 is 0 Å². The maximum atomic E-state index is 6.50. The van der Waals surface area contributed by atoms with Crippen molar-refractivity contribution < 1.29 is 4.74 Å². The first-order valence-electron chi connectivity index (χ1n) is 10.8. The zero-order valence-corrected chi connectivity index (χ0v) is 18.1. The van der Waals surface area contributed by atoms with Crippen molar-refractivity contribution in [1.82, 2.24) is 19.4 Å². The van der Waals surface area contributed by atoms with E-state index in [0.29, 0.717) is 5.02 Å². The van der Waals surface area contributed by atoms with Crippen LogP contribution in [0, 0.1) is 5.41 Å². The molecule has 0 saturated carbocycles. The lowest BCUT2D eigenvalue weighted by atomic mass is 9.73. The molecule has 3 N–H and O–H groups in total. The molecule has 2 saturated heterocycles. The molecule has 1 spiro atoms. The number of fused-ring (bicyclic) bond motifs is 3. The van der Waals surface area contributed by atoms with E-state index in [-0.39, 0.29) is 17.6 Å². The fourth-order valence-corrected chi connectivity index (χ4v) is 5.51. The van der Waals surface area contributed by atoms with Crippen LogP contribution in [-0.2, 0) is 4.74 Å². The van der Waals surface area contributed by atoms with E-state index in [2.05, 4.69) is 26.2 Å². The van der Waals surface area contributed by atoms with Gasteiger partial charge in [-0.15, -0.1) is 0 Å². The van der Waals surface area contributed by atoms with Crippen LogP contribution >= 0.6 is 11.6 Å². The number of halogens is 1. The number of hydrogen-bond acceptors (Lipinski definition) is 5. The Morgan fingerprint density at radius 2 is 2.03 bits per heavy atom. The number of hydrogen-bond donors (Lipinski definition) is 2. The number of anilines is 1. The van der Waals surface area contributed by atoms with Crippen LogP contribution in [0.4, 0.5) is 5.95 Å². The molecule has 5 heterocycles. The summed E-state index contributed by atoms with van der Waals surface area (Å²) in [5, 5.41) is 1.69. The Morgan fingerprint density at radius 3 is 2.77 bits per heavy atom. The van der Waals surface area contributed by atoms with E-state index in [9.17, 15) is 0 Å². The molecule has 2 aliphatic rings. The van der Waals surface area contributed by atoms with Gasteiger partial charge < -0.3 is 20.4 Å². The van der Waals surface area contributed by atoms with Gasteiger partial charge in [0.05, 0.1) is 18.1 Å².